The van der Waals surface area contributed by atoms with E-state index in [0.29, 0.717) is 32.1 Å². The summed E-state index contributed by atoms with van der Waals surface area (Å²) in [6.45, 7) is 5.13. The van der Waals surface area contributed by atoms with E-state index in [9.17, 15) is 4.79 Å². The van der Waals surface area contributed by atoms with E-state index in [1.165, 1.54) is 0 Å². The molecule has 1 aromatic heterocycles. The number of pyridine rings is 1. The molecule has 2 rings (SSSR count). The van der Waals surface area contributed by atoms with Crippen LogP contribution in [0, 0.1) is 0 Å². The van der Waals surface area contributed by atoms with Crippen molar-refractivity contribution in [3.63, 3.8) is 0 Å². The van der Waals surface area contributed by atoms with E-state index in [-0.39, 0.29) is 11.9 Å². The number of morpholine rings is 1. The van der Waals surface area contributed by atoms with Crippen LogP contribution in [0.4, 0.5) is 5.82 Å². The molecular weight excluding hydrogens is 256 g/mol. The van der Waals surface area contributed by atoms with Crippen LogP contribution in [0.15, 0.2) is 18.2 Å². The molecule has 1 saturated heterocycles. The van der Waals surface area contributed by atoms with Gasteiger partial charge in [-0.3, -0.25) is 9.69 Å². The maximum atomic E-state index is 12.1. The number of rotatable bonds is 5. The molecule has 6 heteroatoms. The maximum absolute atomic E-state index is 12.1. The van der Waals surface area contributed by atoms with Gasteiger partial charge in [-0.15, -0.1) is 0 Å². The highest BCUT2D eigenvalue weighted by Crippen LogP contribution is 2.12. The Morgan fingerprint density at radius 2 is 2.45 bits per heavy atom. The molecule has 0 spiro atoms. The highest BCUT2D eigenvalue weighted by Gasteiger charge is 2.29. The lowest BCUT2D eigenvalue weighted by molar-refractivity contribution is -0.133. The van der Waals surface area contributed by atoms with Crippen molar-refractivity contribution in [1.29, 1.82) is 0 Å². The van der Waals surface area contributed by atoms with Gasteiger partial charge in [-0.1, -0.05) is 13.0 Å². The van der Waals surface area contributed by atoms with Crippen LogP contribution in [0.1, 0.15) is 19.0 Å². The van der Waals surface area contributed by atoms with Crippen molar-refractivity contribution < 1.29 is 9.53 Å². The number of hydrogen-bond donors (Lipinski definition) is 2. The molecule has 110 valence electrons. The first kappa shape index (κ1) is 14.7. The number of carbonyl (C=O) groups is 1. The van der Waals surface area contributed by atoms with Crippen LogP contribution in [0.5, 0.6) is 0 Å². The highest BCUT2D eigenvalue weighted by molar-refractivity contribution is 5.82. The molecule has 0 radical (unpaired) electrons. The Morgan fingerprint density at radius 1 is 1.60 bits per heavy atom. The van der Waals surface area contributed by atoms with Crippen molar-refractivity contribution in [2.45, 2.75) is 25.9 Å². The van der Waals surface area contributed by atoms with Gasteiger partial charge < -0.3 is 15.8 Å². The van der Waals surface area contributed by atoms with Crippen LogP contribution in [-0.2, 0) is 16.1 Å². The zero-order chi connectivity index (χ0) is 14.4. The normalized spacial score (nSPS) is 19.8. The van der Waals surface area contributed by atoms with E-state index >= 15 is 0 Å². The third kappa shape index (κ3) is 3.91. The minimum atomic E-state index is -0.251. The molecule has 1 atom stereocenters. The smallest absolute Gasteiger partial charge is 0.239 e. The molecular formula is C14H22N4O2. The largest absolute Gasteiger partial charge is 0.384 e. The molecule has 1 unspecified atom stereocenters. The van der Waals surface area contributed by atoms with E-state index in [1.54, 1.807) is 6.07 Å². The summed E-state index contributed by atoms with van der Waals surface area (Å²) in [7, 11) is 0. The molecule has 0 aliphatic carbocycles. The van der Waals surface area contributed by atoms with Crippen molar-refractivity contribution in [3.8, 4) is 0 Å². The Hall–Kier alpha value is -1.66. The van der Waals surface area contributed by atoms with E-state index in [0.717, 1.165) is 18.7 Å². The van der Waals surface area contributed by atoms with Gasteiger partial charge in [0.15, 0.2) is 0 Å². The van der Waals surface area contributed by atoms with Gasteiger partial charge in [-0.05, 0) is 18.6 Å². The van der Waals surface area contributed by atoms with E-state index in [2.05, 4.69) is 15.2 Å². The average Bonchev–Trinajstić information content (AvgIpc) is 2.45. The molecule has 2 heterocycles. The number of ether oxygens (including phenoxy) is 1. The van der Waals surface area contributed by atoms with E-state index in [1.807, 2.05) is 19.1 Å². The molecule has 3 N–H and O–H groups in total. The van der Waals surface area contributed by atoms with Crippen molar-refractivity contribution in [2.24, 2.45) is 0 Å². The molecule has 1 aromatic rings. The second-order valence-electron chi connectivity index (χ2n) is 4.91. The summed E-state index contributed by atoms with van der Waals surface area (Å²) in [5.74, 6) is 0.526. The number of nitrogens with zero attached hydrogens (tertiary/aromatic N) is 2. The summed E-state index contributed by atoms with van der Waals surface area (Å²) >= 11 is 0. The topological polar surface area (TPSA) is 80.5 Å². The van der Waals surface area contributed by atoms with E-state index in [4.69, 9.17) is 10.5 Å². The number of aromatic nitrogens is 1. The zero-order valence-electron chi connectivity index (χ0n) is 11.8. The minimum absolute atomic E-state index is 0.0236. The molecule has 1 aliphatic heterocycles. The fourth-order valence-corrected chi connectivity index (χ4v) is 2.23. The van der Waals surface area contributed by atoms with Crippen LogP contribution >= 0.6 is 0 Å². The third-order valence-corrected chi connectivity index (χ3v) is 3.28. The first-order chi connectivity index (χ1) is 9.70. The minimum Gasteiger partial charge on any atom is -0.384 e. The van der Waals surface area contributed by atoms with Crippen LogP contribution in [0.25, 0.3) is 0 Å². The summed E-state index contributed by atoms with van der Waals surface area (Å²) in [5.41, 5.74) is 6.57. The standard InChI is InChI=1S/C14H22N4O2/c1-2-6-16-14(19)12-10-20-8-7-18(12)9-11-4-3-5-13(15)17-11/h3-5,12H,2,6-10H2,1H3,(H2,15,17)(H,16,19). The van der Waals surface area contributed by atoms with Crippen molar-refractivity contribution in [1.82, 2.24) is 15.2 Å². The molecule has 20 heavy (non-hydrogen) atoms. The van der Waals surface area contributed by atoms with Crippen LogP contribution in [-0.4, -0.2) is 48.1 Å². The number of nitrogen functional groups attached to an aromatic ring is 1. The Kier molecular flexibility index (Phi) is 5.31. The average molecular weight is 278 g/mol. The predicted molar refractivity (Wildman–Crippen MR) is 77.0 cm³/mol. The van der Waals surface area contributed by atoms with E-state index < -0.39 is 0 Å². The van der Waals surface area contributed by atoms with Crippen molar-refractivity contribution in [2.75, 3.05) is 32.0 Å². The van der Waals surface area contributed by atoms with Gasteiger partial charge in [0, 0.05) is 19.6 Å². The summed E-state index contributed by atoms with van der Waals surface area (Å²) < 4.78 is 5.43. The second-order valence-corrected chi connectivity index (χ2v) is 4.91. The van der Waals surface area contributed by atoms with Gasteiger partial charge in [0.2, 0.25) is 5.91 Å². The van der Waals surface area contributed by atoms with Gasteiger partial charge in [-0.25, -0.2) is 4.98 Å². The molecule has 1 aliphatic rings. The molecule has 0 aromatic carbocycles. The summed E-state index contributed by atoms with van der Waals surface area (Å²) in [6, 6.07) is 5.31. The molecule has 1 fully saturated rings. The Labute approximate surface area is 119 Å². The maximum Gasteiger partial charge on any atom is 0.239 e. The monoisotopic (exact) mass is 278 g/mol. The highest BCUT2D eigenvalue weighted by atomic mass is 16.5. The SMILES string of the molecule is CCCNC(=O)C1COCCN1Cc1cccc(N)n1. The Bertz CT molecular complexity index is 453. The van der Waals surface area contributed by atoms with Gasteiger partial charge in [-0.2, -0.15) is 0 Å². The number of anilines is 1. The second kappa shape index (κ2) is 7.21. The third-order valence-electron chi connectivity index (χ3n) is 3.28. The zero-order valence-corrected chi connectivity index (χ0v) is 11.8. The fraction of sp³-hybridized carbons (Fsp3) is 0.571. The summed E-state index contributed by atoms with van der Waals surface area (Å²) in [5, 5.41) is 2.92. The quantitative estimate of drug-likeness (QED) is 0.814. The number of hydrogen-bond acceptors (Lipinski definition) is 5. The number of nitrogens with two attached hydrogens (primary N) is 1. The first-order valence-corrected chi connectivity index (χ1v) is 7.01. The molecule has 0 bridgehead atoms. The lowest BCUT2D eigenvalue weighted by Crippen LogP contribution is -2.53. The number of carbonyl (C=O) groups excluding carboxylic acids is 1. The van der Waals surface area contributed by atoms with Crippen LogP contribution in [0.3, 0.4) is 0 Å². The van der Waals surface area contributed by atoms with Gasteiger partial charge in [0.05, 0.1) is 18.9 Å². The van der Waals surface area contributed by atoms with Crippen molar-refractivity contribution in [3.05, 3.63) is 23.9 Å². The Balaban J connectivity index is 2.01. The lowest BCUT2D eigenvalue weighted by atomic mass is 10.2. The van der Waals surface area contributed by atoms with Gasteiger partial charge >= 0.3 is 0 Å². The summed E-state index contributed by atoms with van der Waals surface area (Å²) in [6.07, 6.45) is 0.927. The van der Waals surface area contributed by atoms with Gasteiger partial charge in [0.1, 0.15) is 11.9 Å². The first-order valence-electron chi connectivity index (χ1n) is 7.01. The van der Waals surface area contributed by atoms with Crippen LogP contribution in [0.2, 0.25) is 0 Å². The fourth-order valence-electron chi connectivity index (χ4n) is 2.23. The molecule has 1 amide bonds. The Morgan fingerprint density at radius 3 is 3.20 bits per heavy atom. The predicted octanol–water partition coefficient (Wildman–Crippen LogP) is 0.391. The summed E-state index contributed by atoms with van der Waals surface area (Å²) in [4.78, 5) is 18.5. The molecule has 0 saturated carbocycles. The van der Waals surface area contributed by atoms with Crippen molar-refractivity contribution >= 4 is 11.7 Å². The number of amides is 1. The van der Waals surface area contributed by atoms with Crippen LogP contribution < -0.4 is 11.1 Å². The van der Waals surface area contributed by atoms with Gasteiger partial charge in [0.25, 0.3) is 0 Å². The number of nitrogens with one attached hydrogen (secondary N) is 1. The molecule has 6 nitrogen and oxygen atoms in total. The lowest BCUT2D eigenvalue weighted by Gasteiger charge is -2.34.